The van der Waals surface area contributed by atoms with Crippen LogP contribution in [0.4, 0.5) is 5.69 Å². The Morgan fingerprint density at radius 3 is 2.17 bits per heavy atom. The van der Waals surface area contributed by atoms with Crippen molar-refractivity contribution in [3.63, 3.8) is 0 Å². The molecule has 0 unspecified atom stereocenters. The molecule has 1 heterocycles. The minimum atomic E-state index is 0.192. The molecule has 0 aliphatic carbocycles. The largest absolute Gasteiger partial charge is 0.399 e. The van der Waals surface area contributed by atoms with Crippen LogP contribution in [-0.4, -0.2) is 18.2 Å². The van der Waals surface area contributed by atoms with E-state index >= 15 is 0 Å². The Labute approximate surface area is 177 Å². The molecule has 0 aliphatic heterocycles. The molecular formula is C26H39N3. The molecule has 0 spiro atoms. The number of hydrogen-bond donors (Lipinski definition) is 2. The number of nitrogens with zero attached hydrogens (tertiary/aromatic N) is 1. The summed E-state index contributed by atoms with van der Waals surface area (Å²) in [5.74, 6) is 0.501. The van der Waals surface area contributed by atoms with Crippen molar-refractivity contribution in [1.29, 1.82) is 0 Å². The first-order valence-electron chi connectivity index (χ1n) is 10.8. The normalized spacial score (nSPS) is 11.6. The molecular weight excluding hydrogens is 354 g/mol. The number of benzene rings is 2. The van der Waals surface area contributed by atoms with Gasteiger partial charge in [0.15, 0.2) is 0 Å². The SMILES string of the molecule is CC(C)c1cn(Cc2ccc(C(C)(C)C)cc2)c2cc(N)ccc12.CCCNC. The van der Waals surface area contributed by atoms with E-state index in [2.05, 4.69) is 94.0 Å². The summed E-state index contributed by atoms with van der Waals surface area (Å²) in [7, 11) is 1.96. The Balaban J connectivity index is 0.000000537. The highest BCUT2D eigenvalue weighted by atomic mass is 15.0. The topological polar surface area (TPSA) is 43.0 Å². The maximum atomic E-state index is 6.03. The molecule has 3 N–H and O–H groups in total. The maximum absolute atomic E-state index is 6.03. The first kappa shape index (κ1) is 23.0. The monoisotopic (exact) mass is 393 g/mol. The van der Waals surface area contributed by atoms with E-state index in [0.29, 0.717) is 5.92 Å². The van der Waals surface area contributed by atoms with Gasteiger partial charge in [-0.1, -0.05) is 71.9 Å². The van der Waals surface area contributed by atoms with Crippen molar-refractivity contribution in [3.05, 3.63) is 65.4 Å². The number of nitrogens with one attached hydrogen (secondary N) is 1. The molecule has 0 radical (unpaired) electrons. The number of rotatable bonds is 5. The lowest BCUT2D eigenvalue weighted by atomic mass is 9.87. The van der Waals surface area contributed by atoms with Crippen LogP contribution < -0.4 is 11.1 Å². The Hall–Kier alpha value is -2.26. The van der Waals surface area contributed by atoms with Crippen LogP contribution in [0.2, 0.25) is 0 Å². The molecule has 0 atom stereocenters. The van der Waals surface area contributed by atoms with Crippen LogP contribution in [0.25, 0.3) is 10.9 Å². The van der Waals surface area contributed by atoms with Gasteiger partial charge in [0.2, 0.25) is 0 Å². The predicted octanol–water partition coefficient (Wildman–Crippen LogP) is 6.31. The fourth-order valence-electron chi connectivity index (χ4n) is 3.49. The van der Waals surface area contributed by atoms with E-state index in [1.54, 1.807) is 0 Å². The number of hydrogen-bond acceptors (Lipinski definition) is 2. The van der Waals surface area contributed by atoms with Gasteiger partial charge in [-0.25, -0.2) is 0 Å². The van der Waals surface area contributed by atoms with Gasteiger partial charge >= 0.3 is 0 Å². The van der Waals surface area contributed by atoms with Gasteiger partial charge in [-0.15, -0.1) is 0 Å². The average molecular weight is 394 g/mol. The number of anilines is 1. The predicted molar refractivity (Wildman–Crippen MR) is 129 cm³/mol. The second kappa shape index (κ2) is 9.98. The molecule has 158 valence electrons. The highest BCUT2D eigenvalue weighted by Crippen LogP contribution is 2.30. The Kier molecular flexibility index (Phi) is 7.92. The summed E-state index contributed by atoms with van der Waals surface area (Å²) in [6, 6.07) is 15.2. The molecule has 1 aromatic heterocycles. The molecule has 3 heteroatoms. The summed E-state index contributed by atoms with van der Waals surface area (Å²) < 4.78 is 2.33. The minimum absolute atomic E-state index is 0.192. The van der Waals surface area contributed by atoms with Gasteiger partial charge in [0.1, 0.15) is 0 Å². The van der Waals surface area contributed by atoms with Gasteiger partial charge in [0, 0.05) is 23.8 Å². The zero-order valence-corrected chi connectivity index (χ0v) is 19.3. The van der Waals surface area contributed by atoms with Gasteiger partial charge in [0.05, 0.1) is 5.52 Å². The zero-order chi connectivity index (χ0) is 21.6. The van der Waals surface area contributed by atoms with E-state index in [-0.39, 0.29) is 5.41 Å². The molecule has 3 rings (SSSR count). The van der Waals surface area contributed by atoms with E-state index in [1.807, 2.05) is 13.1 Å². The van der Waals surface area contributed by atoms with Crippen LogP contribution in [-0.2, 0) is 12.0 Å². The number of fused-ring (bicyclic) bond motifs is 1. The summed E-state index contributed by atoms with van der Waals surface area (Å²) in [5, 5.41) is 4.33. The Morgan fingerprint density at radius 1 is 1.03 bits per heavy atom. The lowest BCUT2D eigenvalue weighted by molar-refractivity contribution is 0.590. The van der Waals surface area contributed by atoms with E-state index in [1.165, 1.54) is 34.0 Å². The second-order valence-corrected chi connectivity index (χ2v) is 9.19. The molecule has 2 aromatic carbocycles. The van der Waals surface area contributed by atoms with E-state index in [0.717, 1.165) is 18.8 Å². The van der Waals surface area contributed by atoms with Crippen molar-refractivity contribution in [2.75, 3.05) is 19.3 Å². The van der Waals surface area contributed by atoms with E-state index in [4.69, 9.17) is 5.73 Å². The molecule has 0 fully saturated rings. The van der Waals surface area contributed by atoms with Crippen LogP contribution >= 0.6 is 0 Å². The van der Waals surface area contributed by atoms with Crippen LogP contribution in [0.1, 0.15) is 70.6 Å². The number of aromatic nitrogens is 1. The first-order chi connectivity index (χ1) is 13.7. The van der Waals surface area contributed by atoms with Crippen molar-refractivity contribution < 1.29 is 0 Å². The first-order valence-corrected chi connectivity index (χ1v) is 10.8. The third-order valence-corrected chi connectivity index (χ3v) is 5.23. The fourth-order valence-corrected chi connectivity index (χ4v) is 3.49. The third kappa shape index (κ3) is 6.11. The van der Waals surface area contributed by atoms with Gasteiger partial charge in [-0.05, 0) is 60.2 Å². The summed E-state index contributed by atoms with van der Waals surface area (Å²) >= 11 is 0. The van der Waals surface area contributed by atoms with Crippen LogP contribution in [0.15, 0.2) is 48.7 Å². The number of nitrogens with two attached hydrogens (primary N) is 1. The minimum Gasteiger partial charge on any atom is -0.399 e. The molecule has 3 aromatic rings. The smallest absolute Gasteiger partial charge is 0.0507 e. The quantitative estimate of drug-likeness (QED) is 0.499. The van der Waals surface area contributed by atoms with Crippen LogP contribution in [0, 0.1) is 0 Å². The molecule has 0 saturated heterocycles. The summed E-state index contributed by atoms with van der Waals surface area (Å²) in [6.07, 6.45) is 3.52. The van der Waals surface area contributed by atoms with Gasteiger partial charge in [0.25, 0.3) is 0 Å². The molecule has 0 amide bonds. The van der Waals surface area contributed by atoms with Crippen molar-refractivity contribution in [1.82, 2.24) is 9.88 Å². The maximum Gasteiger partial charge on any atom is 0.0507 e. The van der Waals surface area contributed by atoms with Crippen LogP contribution in [0.5, 0.6) is 0 Å². The average Bonchev–Trinajstić information content (AvgIpc) is 3.00. The van der Waals surface area contributed by atoms with E-state index < -0.39 is 0 Å². The van der Waals surface area contributed by atoms with Gasteiger partial charge < -0.3 is 15.6 Å². The Morgan fingerprint density at radius 2 is 1.69 bits per heavy atom. The van der Waals surface area contributed by atoms with E-state index in [9.17, 15) is 0 Å². The summed E-state index contributed by atoms with van der Waals surface area (Å²) in [4.78, 5) is 0. The van der Waals surface area contributed by atoms with Crippen molar-refractivity contribution in [3.8, 4) is 0 Å². The third-order valence-electron chi connectivity index (χ3n) is 5.23. The van der Waals surface area contributed by atoms with Gasteiger partial charge in [-0.3, -0.25) is 0 Å². The standard InChI is InChI=1S/C22H28N2.C4H11N/c1-15(2)20-14-24(21-12-18(23)10-11-19(20)21)13-16-6-8-17(9-7-16)22(3,4)5;1-3-4-5-2/h6-12,14-15H,13,23H2,1-5H3;5H,3-4H2,1-2H3. The van der Waals surface area contributed by atoms with Crippen molar-refractivity contribution in [2.24, 2.45) is 0 Å². The summed E-state index contributed by atoms with van der Waals surface area (Å²) in [5.41, 5.74) is 12.3. The number of nitrogen functional groups attached to an aromatic ring is 1. The second-order valence-electron chi connectivity index (χ2n) is 9.19. The molecule has 0 saturated carbocycles. The fraction of sp³-hybridized carbons (Fsp3) is 0.462. The van der Waals surface area contributed by atoms with Crippen molar-refractivity contribution in [2.45, 2.75) is 65.8 Å². The van der Waals surface area contributed by atoms with Crippen molar-refractivity contribution >= 4 is 16.6 Å². The van der Waals surface area contributed by atoms with Gasteiger partial charge in [-0.2, -0.15) is 0 Å². The highest BCUT2D eigenvalue weighted by Gasteiger charge is 2.14. The lowest BCUT2D eigenvalue weighted by Crippen LogP contribution is -2.11. The summed E-state index contributed by atoms with van der Waals surface area (Å²) in [6.45, 7) is 15.4. The molecule has 29 heavy (non-hydrogen) atoms. The molecule has 0 aliphatic rings. The molecule has 3 nitrogen and oxygen atoms in total. The Bertz CT molecular complexity index is 894. The molecule has 0 bridgehead atoms. The van der Waals surface area contributed by atoms with Crippen LogP contribution in [0.3, 0.4) is 0 Å². The highest BCUT2D eigenvalue weighted by molar-refractivity contribution is 5.87. The zero-order valence-electron chi connectivity index (χ0n) is 19.3. The lowest BCUT2D eigenvalue weighted by Gasteiger charge is -2.19.